The van der Waals surface area contributed by atoms with Crippen LogP contribution < -0.4 is 0 Å². The third kappa shape index (κ3) is 14.4. The van der Waals surface area contributed by atoms with Crippen LogP contribution in [-0.4, -0.2) is 31.6 Å². The number of hydrogen-bond donors (Lipinski definition) is 4. The molecule has 37 heavy (non-hydrogen) atoms. The van der Waals surface area contributed by atoms with E-state index in [-0.39, 0.29) is 26.2 Å². The number of halogens is 8. The Bertz CT molecular complexity index is 868. The summed E-state index contributed by atoms with van der Waals surface area (Å²) in [6.07, 6.45) is 0. The minimum Gasteiger partial charge on any atom is -0.391 e. The van der Waals surface area contributed by atoms with Crippen LogP contribution in [-0.2, 0) is 39.4 Å². The largest absolute Gasteiger partial charge is 0.391 e. The molecular weight excluding hydrogens is 595 g/mol. The molecule has 0 spiro atoms. The Morgan fingerprint density at radius 1 is 0.459 bits per heavy atom. The quantitative estimate of drug-likeness (QED) is 0.257. The number of rotatable bonds is 2. The van der Waals surface area contributed by atoms with Gasteiger partial charge in [-0.05, 0) is 55.4 Å². The molecule has 2 aromatic carbocycles. The fourth-order valence-corrected chi connectivity index (χ4v) is 1.85. The van der Waals surface area contributed by atoms with Crippen molar-refractivity contribution in [3.8, 4) is 0 Å². The number of aliphatic hydroxyl groups excluding tert-OH is 2. The van der Waals surface area contributed by atoms with Crippen molar-refractivity contribution in [3.05, 3.63) is 68.8 Å². The Hall–Kier alpha value is -1.40. The van der Waals surface area contributed by atoms with Crippen molar-refractivity contribution in [2.45, 2.75) is 79.8 Å². The van der Waals surface area contributed by atoms with Crippen molar-refractivity contribution in [1.29, 1.82) is 0 Å². The molecule has 4 N–H and O–H groups in total. The van der Waals surface area contributed by atoms with Crippen molar-refractivity contribution in [1.82, 2.24) is 0 Å². The minimum absolute atomic E-state index is 0. The maximum absolute atomic E-state index is 12.8. The molecule has 0 heterocycles. The van der Waals surface area contributed by atoms with Gasteiger partial charge in [0.25, 0.3) is 0 Å². The van der Waals surface area contributed by atoms with E-state index in [0.717, 1.165) is 13.8 Å². The van der Waals surface area contributed by atoms with Crippen LogP contribution in [0.5, 0.6) is 0 Å². The van der Waals surface area contributed by atoms with Crippen molar-refractivity contribution in [3.63, 3.8) is 0 Å². The maximum atomic E-state index is 12.8. The molecule has 4 nitrogen and oxygen atoms in total. The molecule has 0 radical (unpaired) electrons. The van der Waals surface area contributed by atoms with Gasteiger partial charge in [-0.3, -0.25) is 0 Å². The summed E-state index contributed by atoms with van der Waals surface area (Å²) in [7, 11) is 0. The third-order valence-electron chi connectivity index (χ3n) is 3.46. The second-order valence-corrected chi connectivity index (χ2v) is 9.38. The summed E-state index contributed by atoms with van der Waals surface area (Å²) in [6, 6.07) is 0. The van der Waals surface area contributed by atoms with E-state index in [0.29, 0.717) is 0 Å². The Balaban J connectivity index is -0.000000453. The maximum Gasteiger partial charge on any atom is 0.167 e. The summed E-state index contributed by atoms with van der Waals surface area (Å²) < 4.78 is 102. The van der Waals surface area contributed by atoms with Crippen LogP contribution in [0.3, 0.4) is 0 Å². The van der Waals surface area contributed by atoms with E-state index in [2.05, 4.69) is 0 Å². The van der Waals surface area contributed by atoms with Gasteiger partial charge in [0.15, 0.2) is 46.5 Å². The zero-order chi connectivity index (χ0) is 29.3. The molecule has 0 saturated heterocycles. The predicted molar refractivity (Wildman–Crippen MR) is 118 cm³/mol. The molecule has 212 valence electrons. The molecule has 0 aromatic heterocycles. The molecule has 2 rings (SSSR count). The van der Waals surface area contributed by atoms with E-state index >= 15 is 0 Å². The molecule has 13 heteroatoms. The number of aliphatic hydroxyl groups is 4. The molecule has 0 saturated carbocycles. The van der Waals surface area contributed by atoms with E-state index in [1.807, 2.05) is 0 Å². The van der Waals surface area contributed by atoms with Crippen molar-refractivity contribution in [2.24, 2.45) is 0 Å². The average molecular weight is 628 g/mol. The van der Waals surface area contributed by atoms with Crippen LogP contribution in [0.25, 0.3) is 0 Å². The molecule has 0 bridgehead atoms. The zero-order valence-electron chi connectivity index (χ0n) is 21.7. The summed E-state index contributed by atoms with van der Waals surface area (Å²) in [5.74, 6) is -12.0. The molecule has 0 aliphatic heterocycles. The molecule has 0 aliphatic rings. The van der Waals surface area contributed by atoms with E-state index in [9.17, 15) is 35.1 Å². The van der Waals surface area contributed by atoms with Crippen LogP contribution in [0.4, 0.5) is 35.1 Å². The summed E-state index contributed by atoms with van der Waals surface area (Å²) >= 11 is 0. The molecule has 0 atom stereocenters. The zero-order valence-corrected chi connectivity index (χ0v) is 24.2. The van der Waals surface area contributed by atoms with Crippen molar-refractivity contribution in [2.75, 3.05) is 0 Å². The van der Waals surface area contributed by atoms with Gasteiger partial charge in [-0.1, -0.05) is 0 Å². The van der Waals surface area contributed by atoms with Gasteiger partial charge in [0, 0.05) is 37.3 Å². The second kappa shape index (κ2) is 16.5. The van der Waals surface area contributed by atoms with Crippen LogP contribution in [0.1, 0.15) is 63.8 Å². The van der Waals surface area contributed by atoms with Crippen LogP contribution >= 0.6 is 0 Å². The van der Waals surface area contributed by atoms with Gasteiger partial charge in [-0.15, -0.1) is 0 Å². The van der Waals surface area contributed by atoms with Crippen molar-refractivity contribution >= 4 is 0 Å². The molecular formula is C24H32F8O4Zr. The van der Waals surface area contributed by atoms with E-state index in [4.69, 9.17) is 20.4 Å². The Kier molecular flexibility index (Phi) is 17.9. The van der Waals surface area contributed by atoms with Gasteiger partial charge in [0.2, 0.25) is 0 Å². The van der Waals surface area contributed by atoms with E-state index in [1.165, 1.54) is 0 Å². The van der Waals surface area contributed by atoms with Gasteiger partial charge in [0.1, 0.15) is 0 Å². The number of benzene rings is 2. The Morgan fingerprint density at radius 2 is 0.595 bits per heavy atom. The van der Waals surface area contributed by atoms with Gasteiger partial charge in [-0.25, -0.2) is 35.1 Å². The first-order chi connectivity index (χ1) is 16.0. The van der Waals surface area contributed by atoms with Crippen molar-refractivity contribution < 1.29 is 81.8 Å². The fourth-order valence-electron chi connectivity index (χ4n) is 1.85. The fraction of sp³-hybridized carbons (Fsp3) is 0.500. The average Bonchev–Trinajstić information content (AvgIpc) is 2.72. The third-order valence-corrected chi connectivity index (χ3v) is 3.46. The normalized spacial score (nSPS) is 10.7. The van der Waals surface area contributed by atoms with Gasteiger partial charge in [0.05, 0.1) is 35.5 Å². The van der Waals surface area contributed by atoms with Crippen LogP contribution in [0.2, 0.25) is 0 Å². The summed E-state index contributed by atoms with van der Waals surface area (Å²) in [6.45, 7) is 10.1. The Labute approximate surface area is 230 Å². The second-order valence-electron chi connectivity index (χ2n) is 9.38. The SMILES string of the molecule is CC(C)(C)O.CC(C)(C)O.Cc1c(F)c(F)c(CO)c(F)c1F.Cc1c(F)c(F)c(CO)c(F)c1F.[Zr]. The summed E-state index contributed by atoms with van der Waals surface area (Å²) in [5, 5.41) is 33.9. The van der Waals surface area contributed by atoms with Crippen LogP contribution in [0, 0.1) is 60.4 Å². The first kappa shape index (κ1) is 40.1. The van der Waals surface area contributed by atoms with Gasteiger partial charge in [-0.2, -0.15) is 0 Å². The van der Waals surface area contributed by atoms with Gasteiger partial charge < -0.3 is 20.4 Å². The first-order valence-electron chi connectivity index (χ1n) is 10.3. The molecule has 2 aromatic rings. The smallest absolute Gasteiger partial charge is 0.167 e. The molecule has 0 aliphatic carbocycles. The standard InChI is InChI=1S/2C8H6F4O.2C4H10O.Zr/c2*1-3-5(9)7(11)4(2-13)8(12)6(3)10;2*1-4(2,3)5;/h2*13H,2H2,1H3;2*5H,1-3H3;. The predicted octanol–water partition coefficient (Wildman–Crippen LogP) is 5.64. The van der Waals surface area contributed by atoms with E-state index in [1.54, 1.807) is 41.5 Å². The summed E-state index contributed by atoms with van der Waals surface area (Å²) in [5.41, 5.74) is -4.43. The number of hydrogen-bond acceptors (Lipinski definition) is 4. The summed E-state index contributed by atoms with van der Waals surface area (Å²) in [4.78, 5) is 0. The molecule has 0 fully saturated rings. The molecule has 0 amide bonds. The minimum atomic E-state index is -1.54. The van der Waals surface area contributed by atoms with E-state index < -0.39 is 93.2 Å². The van der Waals surface area contributed by atoms with Gasteiger partial charge >= 0.3 is 0 Å². The topological polar surface area (TPSA) is 80.9 Å². The monoisotopic (exact) mass is 626 g/mol. The first-order valence-corrected chi connectivity index (χ1v) is 10.3. The Morgan fingerprint density at radius 3 is 0.703 bits per heavy atom. The molecule has 0 unspecified atom stereocenters. The van der Waals surface area contributed by atoms with Crippen LogP contribution in [0.15, 0.2) is 0 Å².